The molecule has 0 bridgehead atoms. The van der Waals surface area contributed by atoms with Crippen LogP contribution in [0.4, 0.5) is 5.13 Å². The molecule has 2 aliphatic heterocycles. The molecule has 2 aliphatic rings. The third kappa shape index (κ3) is 4.00. The van der Waals surface area contributed by atoms with E-state index in [9.17, 15) is 4.79 Å². The van der Waals surface area contributed by atoms with E-state index in [1.165, 1.54) is 24.7 Å². The lowest BCUT2D eigenvalue weighted by Gasteiger charge is -2.37. The summed E-state index contributed by atoms with van der Waals surface area (Å²) in [5.41, 5.74) is 1.06. The number of piperazine rings is 1. The number of carbonyl (C=O) groups is 1. The average Bonchev–Trinajstić information content (AvgIpc) is 3.11. The molecule has 1 unspecified atom stereocenters. The Balaban J connectivity index is 1.46. The maximum atomic E-state index is 11.0. The van der Waals surface area contributed by atoms with Gasteiger partial charge in [0.1, 0.15) is 0 Å². The van der Waals surface area contributed by atoms with E-state index in [4.69, 9.17) is 0 Å². The monoisotopic (exact) mass is 309 g/mol. The summed E-state index contributed by atoms with van der Waals surface area (Å²) in [7, 11) is 0. The zero-order chi connectivity index (χ0) is 14.7. The lowest BCUT2D eigenvalue weighted by atomic mass is 10.2. The molecule has 2 fully saturated rings. The first kappa shape index (κ1) is 14.9. The Morgan fingerprint density at radius 2 is 2.29 bits per heavy atom. The molecule has 1 aromatic heterocycles. The van der Waals surface area contributed by atoms with E-state index in [2.05, 4.69) is 25.4 Å². The Morgan fingerprint density at radius 1 is 1.48 bits per heavy atom. The molecule has 0 radical (unpaired) electrons. The summed E-state index contributed by atoms with van der Waals surface area (Å²) in [6, 6.07) is 0.734. The molecule has 7 heteroatoms. The molecule has 0 aromatic carbocycles. The second-order valence-electron chi connectivity index (χ2n) is 5.78. The van der Waals surface area contributed by atoms with E-state index in [0.29, 0.717) is 5.13 Å². The van der Waals surface area contributed by atoms with Crippen LogP contribution >= 0.6 is 11.3 Å². The van der Waals surface area contributed by atoms with Gasteiger partial charge in [-0.05, 0) is 13.0 Å². The van der Waals surface area contributed by atoms with Crippen molar-refractivity contribution in [3.8, 4) is 0 Å². The van der Waals surface area contributed by atoms with Gasteiger partial charge in [-0.2, -0.15) is 0 Å². The molecule has 0 aliphatic carbocycles. The minimum absolute atomic E-state index is 0.0605. The molecule has 1 amide bonds. The van der Waals surface area contributed by atoms with E-state index in [1.54, 1.807) is 0 Å². The van der Waals surface area contributed by atoms with Crippen molar-refractivity contribution in [3.63, 3.8) is 0 Å². The van der Waals surface area contributed by atoms with Gasteiger partial charge in [-0.3, -0.25) is 14.6 Å². The highest BCUT2D eigenvalue weighted by atomic mass is 32.1. The maximum Gasteiger partial charge on any atom is 0.223 e. The van der Waals surface area contributed by atoms with Gasteiger partial charge in [-0.25, -0.2) is 4.98 Å². The summed E-state index contributed by atoms with van der Waals surface area (Å²) >= 11 is 1.50. The zero-order valence-corrected chi connectivity index (χ0v) is 13.3. The molecule has 1 atom stereocenters. The van der Waals surface area contributed by atoms with Crippen LogP contribution in [0.1, 0.15) is 19.0 Å². The fourth-order valence-corrected chi connectivity index (χ4v) is 3.80. The minimum atomic E-state index is -0.0605. The minimum Gasteiger partial charge on any atom is -0.315 e. The Morgan fingerprint density at radius 3 is 2.95 bits per heavy atom. The number of nitrogens with zero attached hydrogens (tertiary/aromatic N) is 3. The zero-order valence-electron chi connectivity index (χ0n) is 12.5. The van der Waals surface area contributed by atoms with Crippen molar-refractivity contribution in [1.82, 2.24) is 20.1 Å². The van der Waals surface area contributed by atoms with E-state index in [0.717, 1.165) is 57.5 Å². The van der Waals surface area contributed by atoms with E-state index >= 15 is 0 Å². The van der Waals surface area contributed by atoms with Gasteiger partial charge in [0.15, 0.2) is 5.13 Å². The van der Waals surface area contributed by atoms with Gasteiger partial charge in [0.05, 0.1) is 5.69 Å². The topological polar surface area (TPSA) is 60.5 Å². The van der Waals surface area contributed by atoms with Crippen molar-refractivity contribution in [3.05, 3.63) is 11.1 Å². The van der Waals surface area contributed by atoms with Crippen LogP contribution in [0.5, 0.6) is 0 Å². The fraction of sp³-hybridized carbons (Fsp3) is 0.714. The number of rotatable bonds is 4. The van der Waals surface area contributed by atoms with Gasteiger partial charge in [-0.1, -0.05) is 0 Å². The predicted octanol–water partition coefficient (Wildman–Crippen LogP) is 0.581. The second kappa shape index (κ2) is 6.83. The first-order valence-corrected chi connectivity index (χ1v) is 8.48. The Bertz CT molecular complexity index is 477. The number of carbonyl (C=O) groups excluding carboxylic acids is 1. The fourth-order valence-electron chi connectivity index (χ4n) is 3.05. The summed E-state index contributed by atoms with van der Waals surface area (Å²) in [5.74, 6) is -0.0605. The number of aromatic nitrogens is 1. The Kier molecular flexibility index (Phi) is 4.84. The molecule has 3 heterocycles. The summed E-state index contributed by atoms with van der Waals surface area (Å²) in [4.78, 5) is 20.5. The predicted molar refractivity (Wildman–Crippen MR) is 84.5 cm³/mol. The highest BCUT2D eigenvalue weighted by molar-refractivity contribution is 7.13. The molecule has 1 aromatic rings. The van der Waals surface area contributed by atoms with Crippen LogP contribution in [0.2, 0.25) is 0 Å². The molecule has 0 spiro atoms. The van der Waals surface area contributed by atoms with Crippen LogP contribution in [-0.2, 0) is 11.3 Å². The summed E-state index contributed by atoms with van der Waals surface area (Å²) < 4.78 is 0. The van der Waals surface area contributed by atoms with Gasteiger partial charge < -0.3 is 10.6 Å². The number of anilines is 1. The first-order valence-electron chi connectivity index (χ1n) is 7.60. The first-order chi connectivity index (χ1) is 10.2. The highest BCUT2D eigenvalue weighted by Gasteiger charge is 2.26. The molecule has 0 saturated carbocycles. The summed E-state index contributed by atoms with van der Waals surface area (Å²) in [6.45, 7) is 9.20. The van der Waals surface area contributed by atoms with Gasteiger partial charge in [0, 0.05) is 57.6 Å². The normalized spacial score (nSPS) is 24.3. The molecule has 3 rings (SSSR count). The van der Waals surface area contributed by atoms with Crippen LogP contribution < -0.4 is 10.6 Å². The number of thiazole rings is 1. The number of hydrogen-bond acceptors (Lipinski definition) is 6. The van der Waals surface area contributed by atoms with Crippen LogP contribution in [0.3, 0.4) is 0 Å². The second-order valence-corrected chi connectivity index (χ2v) is 6.64. The Hall–Kier alpha value is -1.02. The lowest BCUT2D eigenvalue weighted by molar-refractivity contribution is -0.114. The molecule has 2 N–H and O–H groups in total. The average molecular weight is 309 g/mol. The van der Waals surface area contributed by atoms with Crippen LogP contribution in [-0.4, -0.2) is 66.0 Å². The molecular weight excluding hydrogens is 286 g/mol. The SMILES string of the molecule is CC(=O)Nc1nc(CN2CCN(C3CCNC3)CC2)cs1. The third-order valence-corrected chi connectivity index (χ3v) is 4.98. The number of hydrogen-bond donors (Lipinski definition) is 2. The van der Waals surface area contributed by atoms with E-state index < -0.39 is 0 Å². The molecular formula is C14H23N5OS. The van der Waals surface area contributed by atoms with Crippen LogP contribution in [0, 0.1) is 0 Å². The van der Waals surface area contributed by atoms with Gasteiger partial charge in [-0.15, -0.1) is 11.3 Å². The molecule has 2 saturated heterocycles. The van der Waals surface area contributed by atoms with Crippen molar-refractivity contribution in [1.29, 1.82) is 0 Å². The van der Waals surface area contributed by atoms with Crippen LogP contribution in [0.25, 0.3) is 0 Å². The molecule has 6 nitrogen and oxygen atoms in total. The highest BCUT2D eigenvalue weighted by Crippen LogP contribution is 2.18. The standard InChI is InChI=1S/C14H23N5OS/c1-11(20)16-14-17-12(10-21-14)9-18-4-6-19(7-5-18)13-2-3-15-8-13/h10,13,15H,2-9H2,1H3,(H,16,17,20). The van der Waals surface area contributed by atoms with Gasteiger partial charge in [0.25, 0.3) is 0 Å². The van der Waals surface area contributed by atoms with Gasteiger partial charge in [0.2, 0.25) is 5.91 Å². The van der Waals surface area contributed by atoms with Crippen molar-refractivity contribution in [2.24, 2.45) is 0 Å². The molecule has 116 valence electrons. The largest absolute Gasteiger partial charge is 0.315 e. The number of nitrogens with one attached hydrogen (secondary N) is 2. The summed E-state index contributed by atoms with van der Waals surface area (Å²) in [6.07, 6.45) is 1.28. The van der Waals surface area contributed by atoms with Crippen molar-refractivity contribution < 1.29 is 4.79 Å². The van der Waals surface area contributed by atoms with Crippen molar-refractivity contribution >= 4 is 22.4 Å². The van der Waals surface area contributed by atoms with E-state index in [-0.39, 0.29) is 5.91 Å². The Labute approximate surface area is 129 Å². The summed E-state index contributed by atoms with van der Waals surface area (Å²) in [5, 5.41) is 8.92. The van der Waals surface area contributed by atoms with Crippen molar-refractivity contribution in [2.75, 3.05) is 44.6 Å². The number of amides is 1. The smallest absolute Gasteiger partial charge is 0.223 e. The van der Waals surface area contributed by atoms with Gasteiger partial charge >= 0.3 is 0 Å². The quantitative estimate of drug-likeness (QED) is 0.852. The maximum absolute atomic E-state index is 11.0. The molecule has 21 heavy (non-hydrogen) atoms. The van der Waals surface area contributed by atoms with Crippen LogP contribution in [0.15, 0.2) is 5.38 Å². The lowest BCUT2D eigenvalue weighted by Crippen LogP contribution is -2.50. The van der Waals surface area contributed by atoms with Crippen molar-refractivity contribution in [2.45, 2.75) is 25.9 Å². The van der Waals surface area contributed by atoms with E-state index in [1.807, 2.05) is 5.38 Å². The third-order valence-electron chi connectivity index (χ3n) is 4.18.